The number of hydrogen-bond acceptors (Lipinski definition) is 8. The number of carbonyl (C=O) groups excluding carboxylic acids is 1. The standard InChI is InChI=1S/C13H13N5O6S/c19-13-17-7-9(18(13)24-25(20,21)22)1-2-10(17)12-16-15-11(23-12)8-3-5-14-6-4-8/h3-6,9-10H,1-2,7H2,(H,20,21,22)/t9-,10+/m1/s1. The molecule has 2 aliphatic heterocycles. The molecular formula is C13H13N5O6S. The molecule has 25 heavy (non-hydrogen) atoms. The number of rotatable bonds is 4. The van der Waals surface area contributed by atoms with Gasteiger partial charge >= 0.3 is 16.4 Å². The summed E-state index contributed by atoms with van der Waals surface area (Å²) < 4.78 is 40.7. The molecule has 2 fully saturated rings. The van der Waals surface area contributed by atoms with Crippen LogP contribution in [0.1, 0.15) is 24.8 Å². The summed E-state index contributed by atoms with van der Waals surface area (Å²) in [5.74, 6) is 0.560. The number of fused-ring (bicyclic) bond motifs is 2. The summed E-state index contributed by atoms with van der Waals surface area (Å²) in [7, 11) is -4.77. The van der Waals surface area contributed by atoms with Gasteiger partial charge in [0.1, 0.15) is 6.04 Å². The van der Waals surface area contributed by atoms with Crippen LogP contribution in [-0.2, 0) is 14.7 Å². The van der Waals surface area contributed by atoms with Gasteiger partial charge in [0.15, 0.2) is 0 Å². The first-order valence-corrected chi connectivity index (χ1v) is 8.79. The largest absolute Gasteiger partial charge is 0.418 e. The van der Waals surface area contributed by atoms with Gasteiger partial charge in [0.05, 0.1) is 6.04 Å². The predicted octanol–water partition coefficient (Wildman–Crippen LogP) is 0.807. The number of hydrogen-bond donors (Lipinski definition) is 1. The molecule has 2 amide bonds. The molecule has 2 atom stereocenters. The van der Waals surface area contributed by atoms with E-state index in [-0.39, 0.29) is 12.4 Å². The normalized spacial score (nSPS) is 23.3. The minimum absolute atomic E-state index is 0.242. The monoisotopic (exact) mass is 367 g/mol. The van der Waals surface area contributed by atoms with Crippen molar-refractivity contribution >= 4 is 16.4 Å². The lowest BCUT2D eigenvalue weighted by molar-refractivity contribution is -0.0317. The van der Waals surface area contributed by atoms with E-state index in [9.17, 15) is 13.2 Å². The summed E-state index contributed by atoms with van der Waals surface area (Å²) in [6.07, 6.45) is 4.16. The minimum Gasteiger partial charge on any atom is -0.418 e. The number of carbonyl (C=O) groups is 1. The molecule has 1 N–H and O–H groups in total. The van der Waals surface area contributed by atoms with E-state index >= 15 is 0 Å². The summed E-state index contributed by atoms with van der Waals surface area (Å²) in [4.78, 5) is 17.7. The number of pyridine rings is 1. The summed E-state index contributed by atoms with van der Waals surface area (Å²) in [5, 5.41) is 8.67. The van der Waals surface area contributed by atoms with Gasteiger partial charge in [0, 0.05) is 24.5 Å². The molecule has 0 saturated carbocycles. The molecule has 0 spiro atoms. The highest BCUT2D eigenvalue weighted by Crippen LogP contribution is 2.38. The predicted molar refractivity (Wildman–Crippen MR) is 79.9 cm³/mol. The smallest absolute Gasteiger partial charge is 0.418 e. The molecule has 4 heterocycles. The van der Waals surface area contributed by atoms with Crippen LogP contribution in [0.15, 0.2) is 28.9 Å². The lowest BCUT2D eigenvalue weighted by Crippen LogP contribution is -2.35. The van der Waals surface area contributed by atoms with E-state index in [1.165, 1.54) is 4.90 Å². The van der Waals surface area contributed by atoms with Crippen LogP contribution in [0.4, 0.5) is 4.79 Å². The Balaban J connectivity index is 1.57. The van der Waals surface area contributed by atoms with E-state index in [1.807, 2.05) is 0 Å². The number of piperidine rings is 1. The maximum atomic E-state index is 12.4. The van der Waals surface area contributed by atoms with Gasteiger partial charge in [-0.1, -0.05) is 0 Å². The van der Waals surface area contributed by atoms with E-state index in [1.54, 1.807) is 24.5 Å². The maximum Gasteiger partial charge on any atom is 0.418 e. The number of nitrogens with zero attached hydrogens (tertiary/aromatic N) is 5. The van der Waals surface area contributed by atoms with E-state index in [0.717, 1.165) is 0 Å². The summed E-state index contributed by atoms with van der Waals surface area (Å²) in [5.41, 5.74) is 0.700. The molecule has 12 heteroatoms. The van der Waals surface area contributed by atoms with Crippen LogP contribution in [0, 0.1) is 0 Å². The summed E-state index contributed by atoms with van der Waals surface area (Å²) in [6.45, 7) is 0.242. The minimum atomic E-state index is -4.77. The van der Waals surface area contributed by atoms with Crippen molar-refractivity contribution in [1.82, 2.24) is 25.1 Å². The highest BCUT2D eigenvalue weighted by atomic mass is 32.3. The third-order valence-electron chi connectivity index (χ3n) is 4.15. The lowest BCUT2D eigenvalue weighted by atomic mass is 10.0. The van der Waals surface area contributed by atoms with E-state index in [2.05, 4.69) is 19.5 Å². The molecule has 0 radical (unpaired) electrons. The van der Waals surface area contributed by atoms with Crippen LogP contribution in [0.5, 0.6) is 0 Å². The Morgan fingerprint density at radius 2 is 2.00 bits per heavy atom. The summed E-state index contributed by atoms with van der Waals surface area (Å²) >= 11 is 0. The number of hydroxylamine groups is 2. The topological polar surface area (TPSA) is 139 Å². The zero-order chi connectivity index (χ0) is 17.6. The molecule has 2 aromatic heterocycles. The SMILES string of the molecule is O=C1N2C[C@@H](CC[C@H]2c2nnc(-c3ccncc3)o2)N1OS(=O)(=O)O. The number of urea groups is 1. The van der Waals surface area contributed by atoms with Crippen molar-refractivity contribution in [3.05, 3.63) is 30.4 Å². The van der Waals surface area contributed by atoms with Crippen molar-refractivity contribution in [2.24, 2.45) is 0 Å². The third kappa shape index (κ3) is 2.94. The Hall–Kier alpha value is -2.57. The van der Waals surface area contributed by atoms with Gasteiger partial charge in [-0.25, -0.2) is 4.79 Å². The van der Waals surface area contributed by atoms with Gasteiger partial charge in [-0.2, -0.15) is 13.5 Å². The average Bonchev–Trinajstić information content (AvgIpc) is 3.16. The lowest BCUT2D eigenvalue weighted by Gasteiger charge is -2.27. The van der Waals surface area contributed by atoms with Crippen molar-refractivity contribution in [2.45, 2.75) is 24.9 Å². The first-order valence-electron chi connectivity index (χ1n) is 7.43. The molecule has 2 saturated heterocycles. The molecule has 2 aliphatic rings. The molecule has 0 unspecified atom stereocenters. The quantitative estimate of drug-likeness (QED) is 0.777. The van der Waals surface area contributed by atoms with Crippen LogP contribution in [0.3, 0.4) is 0 Å². The van der Waals surface area contributed by atoms with Crippen LogP contribution in [0.2, 0.25) is 0 Å². The zero-order valence-corrected chi connectivity index (χ0v) is 13.5. The molecule has 132 valence electrons. The molecule has 2 bridgehead atoms. The highest BCUT2D eigenvalue weighted by molar-refractivity contribution is 7.80. The van der Waals surface area contributed by atoms with E-state index < -0.39 is 28.5 Å². The van der Waals surface area contributed by atoms with Crippen molar-refractivity contribution in [2.75, 3.05) is 6.54 Å². The molecule has 0 aromatic carbocycles. The Kier molecular flexibility index (Phi) is 3.67. The fourth-order valence-electron chi connectivity index (χ4n) is 3.07. The van der Waals surface area contributed by atoms with Crippen LogP contribution >= 0.6 is 0 Å². The highest BCUT2D eigenvalue weighted by Gasteiger charge is 2.49. The number of amides is 2. The fourth-order valence-corrected chi connectivity index (χ4v) is 3.46. The zero-order valence-electron chi connectivity index (χ0n) is 12.7. The van der Waals surface area contributed by atoms with Crippen molar-refractivity contribution in [1.29, 1.82) is 0 Å². The van der Waals surface area contributed by atoms with Crippen LogP contribution in [-0.4, -0.2) is 56.7 Å². The van der Waals surface area contributed by atoms with Crippen LogP contribution in [0.25, 0.3) is 11.5 Å². The Morgan fingerprint density at radius 3 is 2.72 bits per heavy atom. The van der Waals surface area contributed by atoms with E-state index in [0.29, 0.717) is 29.4 Å². The molecule has 2 aromatic rings. The molecule has 11 nitrogen and oxygen atoms in total. The second-order valence-corrected chi connectivity index (χ2v) is 6.70. The van der Waals surface area contributed by atoms with E-state index in [4.69, 9.17) is 8.97 Å². The molecule has 0 aliphatic carbocycles. The second kappa shape index (κ2) is 5.75. The summed E-state index contributed by atoms with van der Waals surface area (Å²) in [6, 6.07) is 1.82. The van der Waals surface area contributed by atoms with Crippen LogP contribution < -0.4 is 0 Å². The van der Waals surface area contributed by atoms with Crippen molar-refractivity contribution < 1.29 is 26.5 Å². The Bertz CT molecular complexity index is 901. The average molecular weight is 367 g/mol. The third-order valence-corrected chi connectivity index (χ3v) is 4.50. The van der Waals surface area contributed by atoms with Crippen molar-refractivity contribution in [3.63, 3.8) is 0 Å². The maximum absolute atomic E-state index is 12.4. The second-order valence-electron chi connectivity index (χ2n) is 5.69. The van der Waals surface area contributed by atoms with Crippen molar-refractivity contribution in [3.8, 4) is 11.5 Å². The van der Waals surface area contributed by atoms with Gasteiger partial charge in [-0.3, -0.25) is 9.54 Å². The Labute approximate surface area is 142 Å². The van der Waals surface area contributed by atoms with Gasteiger partial charge in [-0.15, -0.1) is 14.5 Å². The van der Waals surface area contributed by atoms with Gasteiger partial charge < -0.3 is 9.32 Å². The number of aromatic nitrogens is 3. The van der Waals surface area contributed by atoms with Gasteiger partial charge in [-0.05, 0) is 25.0 Å². The van der Waals surface area contributed by atoms with Gasteiger partial charge in [0.25, 0.3) is 0 Å². The fraction of sp³-hybridized carbons (Fsp3) is 0.385. The van der Waals surface area contributed by atoms with Gasteiger partial charge in [0.2, 0.25) is 11.8 Å². The molecular weight excluding hydrogens is 354 g/mol. The first-order chi connectivity index (χ1) is 11.9. The molecule has 4 rings (SSSR count). The Morgan fingerprint density at radius 1 is 1.24 bits per heavy atom. The first kappa shape index (κ1) is 15.9.